The zero-order chi connectivity index (χ0) is 7.30. The monoisotopic (exact) mass is 160 g/mol. The molecule has 5 unspecified atom stereocenters. The van der Waals surface area contributed by atoms with E-state index < -0.39 is 0 Å². The Labute approximate surface area is 66.4 Å². The molecule has 2 saturated carbocycles. The summed E-state index contributed by atoms with van der Waals surface area (Å²) in [6.07, 6.45) is 2.15. The van der Waals surface area contributed by atoms with E-state index in [1.165, 1.54) is 6.42 Å². The smallest absolute Gasteiger partial charge is 0.0734 e. The second-order valence-electron chi connectivity index (χ2n) is 3.81. The van der Waals surface area contributed by atoms with Crippen molar-refractivity contribution in [2.24, 2.45) is 17.8 Å². The molecule has 2 heteroatoms. The Morgan fingerprint density at radius 3 is 2.50 bits per heavy atom. The summed E-state index contributed by atoms with van der Waals surface area (Å²) in [6, 6.07) is 0. The van der Waals surface area contributed by atoms with Crippen LogP contribution in [0.4, 0.5) is 0 Å². The Hall–Kier alpha value is 0.250. The van der Waals surface area contributed by atoms with Gasteiger partial charge in [0.1, 0.15) is 0 Å². The van der Waals surface area contributed by atoms with Gasteiger partial charge in [-0.1, -0.05) is 6.92 Å². The molecular weight excluding hydrogens is 148 g/mol. The van der Waals surface area contributed by atoms with E-state index in [4.69, 9.17) is 11.6 Å². The van der Waals surface area contributed by atoms with Crippen LogP contribution in [0, 0.1) is 17.8 Å². The number of aliphatic hydroxyl groups excluding tert-OH is 1. The summed E-state index contributed by atoms with van der Waals surface area (Å²) in [4.78, 5) is 0. The van der Waals surface area contributed by atoms with Gasteiger partial charge in [0.25, 0.3) is 0 Å². The van der Waals surface area contributed by atoms with Crippen LogP contribution >= 0.6 is 11.6 Å². The Kier molecular flexibility index (Phi) is 1.47. The molecule has 2 fully saturated rings. The van der Waals surface area contributed by atoms with Crippen molar-refractivity contribution in [3.8, 4) is 0 Å². The van der Waals surface area contributed by atoms with Gasteiger partial charge in [0.05, 0.1) is 11.5 Å². The maximum absolute atomic E-state index is 9.47. The molecule has 0 aliphatic heterocycles. The third-order valence-corrected chi connectivity index (χ3v) is 3.78. The lowest BCUT2D eigenvalue weighted by atomic mass is 9.88. The van der Waals surface area contributed by atoms with Crippen molar-refractivity contribution in [3.63, 3.8) is 0 Å². The quantitative estimate of drug-likeness (QED) is 0.534. The normalized spacial score (nSPS) is 59.7. The van der Waals surface area contributed by atoms with Crippen LogP contribution in [-0.2, 0) is 0 Å². The SMILES string of the molecule is CC1CC2CC1C(Cl)C2O. The Morgan fingerprint density at radius 1 is 1.40 bits per heavy atom. The molecule has 10 heavy (non-hydrogen) atoms. The first-order chi connectivity index (χ1) is 4.70. The number of alkyl halides is 1. The van der Waals surface area contributed by atoms with E-state index in [1.54, 1.807) is 0 Å². The van der Waals surface area contributed by atoms with Gasteiger partial charge in [0, 0.05) is 0 Å². The van der Waals surface area contributed by atoms with Crippen molar-refractivity contribution in [2.75, 3.05) is 0 Å². The van der Waals surface area contributed by atoms with Crippen LogP contribution in [0.25, 0.3) is 0 Å². The van der Waals surface area contributed by atoms with Crippen LogP contribution in [0.15, 0.2) is 0 Å². The van der Waals surface area contributed by atoms with E-state index in [9.17, 15) is 5.11 Å². The lowest BCUT2D eigenvalue weighted by molar-refractivity contribution is 0.103. The third-order valence-electron chi connectivity index (χ3n) is 3.20. The summed E-state index contributed by atoms with van der Waals surface area (Å²) in [5, 5.41) is 9.52. The summed E-state index contributed by atoms with van der Waals surface area (Å²) in [6.45, 7) is 2.24. The van der Waals surface area contributed by atoms with Crippen molar-refractivity contribution in [3.05, 3.63) is 0 Å². The number of halogens is 1. The van der Waals surface area contributed by atoms with Gasteiger partial charge in [0.15, 0.2) is 0 Å². The fraction of sp³-hybridized carbons (Fsp3) is 1.00. The second kappa shape index (κ2) is 2.12. The molecule has 0 radical (unpaired) electrons. The fourth-order valence-electron chi connectivity index (χ4n) is 2.57. The van der Waals surface area contributed by atoms with Crippen molar-refractivity contribution in [1.82, 2.24) is 0 Å². The van der Waals surface area contributed by atoms with Gasteiger partial charge in [-0.2, -0.15) is 0 Å². The highest BCUT2D eigenvalue weighted by Gasteiger charge is 2.49. The number of rotatable bonds is 0. The van der Waals surface area contributed by atoms with Crippen molar-refractivity contribution < 1.29 is 5.11 Å². The van der Waals surface area contributed by atoms with Gasteiger partial charge < -0.3 is 5.11 Å². The molecule has 0 aromatic rings. The first-order valence-electron chi connectivity index (χ1n) is 4.02. The molecule has 0 aromatic heterocycles. The summed E-state index contributed by atoms with van der Waals surface area (Å²) < 4.78 is 0. The predicted molar refractivity (Wildman–Crippen MR) is 41.0 cm³/mol. The van der Waals surface area contributed by atoms with Crippen LogP contribution in [0.3, 0.4) is 0 Å². The molecule has 0 spiro atoms. The number of hydrogen-bond acceptors (Lipinski definition) is 1. The minimum Gasteiger partial charge on any atom is -0.391 e. The van der Waals surface area contributed by atoms with Crippen molar-refractivity contribution in [1.29, 1.82) is 0 Å². The maximum atomic E-state index is 9.47. The Bertz CT molecular complexity index is 146. The van der Waals surface area contributed by atoms with E-state index in [2.05, 4.69) is 6.92 Å². The van der Waals surface area contributed by atoms with E-state index in [1.807, 2.05) is 0 Å². The molecule has 0 aromatic carbocycles. The molecular formula is C8H13ClO. The third kappa shape index (κ3) is 0.737. The highest BCUT2D eigenvalue weighted by atomic mass is 35.5. The van der Waals surface area contributed by atoms with Crippen molar-refractivity contribution >= 4 is 11.6 Å². The predicted octanol–water partition coefficient (Wildman–Crippen LogP) is 1.63. The molecule has 58 valence electrons. The molecule has 1 N–H and O–H groups in total. The molecule has 0 saturated heterocycles. The maximum Gasteiger partial charge on any atom is 0.0734 e. The zero-order valence-corrected chi connectivity index (χ0v) is 6.88. The Morgan fingerprint density at radius 2 is 2.10 bits per heavy atom. The topological polar surface area (TPSA) is 20.2 Å². The first-order valence-corrected chi connectivity index (χ1v) is 4.46. The van der Waals surface area contributed by atoms with Crippen LogP contribution in [0.5, 0.6) is 0 Å². The van der Waals surface area contributed by atoms with Crippen molar-refractivity contribution in [2.45, 2.75) is 31.2 Å². The number of aliphatic hydroxyl groups is 1. The van der Waals surface area contributed by atoms with Crippen LogP contribution in [0.1, 0.15) is 19.8 Å². The second-order valence-corrected chi connectivity index (χ2v) is 4.31. The molecule has 2 bridgehead atoms. The van der Waals surface area contributed by atoms with Crippen LogP contribution in [-0.4, -0.2) is 16.6 Å². The summed E-state index contributed by atoms with van der Waals surface area (Å²) >= 11 is 6.00. The summed E-state index contributed by atoms with van der Waals surface area (Å²) in [5.41, 5.74) is 0. The highest BCUT2D eigenvalue weighted by molar-refractivity contribution is 6.21. The highest BCUT2D eigenvalue weighted by Crippen LogP contribution is 2.50. The average Bonchev–Trinajstić information content (AvgIpc) is 2.36. The molecule has 2 aliphatic carbocycles. The lowest BCUT2D eigenvalue weighted by Crippen LogP contribution is -2.31. The van der Waals surface area contributed by atoms with E-state index >= 15 is 0 Å². The summed E-state index contributed by atoms with van der Waals surface area (Å²) in [5.74, 6) is 1.86. The standard InChI is InChI=1S/C8H13ClO/c1-4-2-5-3-6(4)7(9)8(5)10/h4-8,10H,2-3H2,1H3. The van der Waals surface area contributed by atoms with Gasteiger partial charge >= 0.3 is 0 Å². The average molecular weight is 161 g/mol. The fourth-order valence-corrected chi connectivity index (χ4v) is 3.12. The van der Waals surface area contributed by atoms with Gasteiger partial charge in [-0.05, 0) is 30.6 Å². The first kappa shape index (κ1) is 6.93. The molecule has 0 amide bonds. The number of hydrogen-bond donors (Lipinski definition) is 1. The minimum atomic E-state index is -0.206. The van der Waals surface area contributed by atoms with E-state index in [0.717, 1.165) is 12.3 Å². The van der Waals surface area contributed by atoms with Crippen LogP contribution < -0.4 is 0 Å². The van der Waals surface area contributed by atoms with Gasteiger partial charge in [-0.15, -0.1) is 11.6 Å². The lowest BCUT2D eigenvalue weighted by Gasteiger charge is -2.26. The Balaban J connectivity index is 2.16. The van der Waals surface area contributed by atoms with Crippen LogP contribution in [0.2, 0.25) is 0 Å². The molecule has 1 nitrogen and oxygen atoms in total. The van der Waals surface area contributed by atoms with Gasteiger partial charge in [-0.3, -0.25) is 0 Å². The van der Waals surface area contributed by atoms with Gasteiger partial charge in [0.2, 0.25) is 0 Å². The molecule has 0 heterocycles. The zero-order valence-electron chi connectivity index (χ0n) is 6.13. The summed E-state index contributed by atoms with van der Waals surface area (Å²) in [7, 11) is 0. The van der Waals surface area contributed by atoms with E-state index in [0.29, 0.717) is 11.8 Å². The van der Waals surface area contributed by atoms with E-state index in [-0.39, 0.29) is 11.5 Å². The molecule has 2 rings (SSSR count). The van der Waals surface area contributed by atoms with Gasteiger partial charge in [-0.25, -0.2) is 0 Å². The molecule has 5 atom stereocenters. The largest absolute Gasteiger partial charge is 0.391 e. The minimum absolute atomic E-state index is 0.0498. The number of fused-ring (bicyclic) bond motifs is 2. The molecule has 2 aliphatic rings.